The van der Waals surface area contributed by atoms with Gasteiger partial charge in [0, 0.05) is 25.1 Å². The minimum Gasteiger partial charge on any atom is -0.459 e. The van der Waals surface area contributed by atoms with Crippen molar-refractivity contribution in [3.8, 4) is 0 Å². The number of ether oxygens (including phenoxy) is 2. The zero-order valence-corrected chi connectivity index (χ0v) is 12.4. The molecule has 1 heterocycles. The molecular formula is C16H23NO3. The number of fused-ring (bicyclic) bond motifs is 1. The van der Waals surface area contributed by atoms with Gasteiger partial charge in [-0.05, 0) is 32.9 Å². The molecule has 0 aliphatic heterocycles. The highest BCUT2D eigenvalue weighted by Crippen LogP contribution is 2.23. The Morgan fingerprint density at radius 3 is 2.50 bits per heavy atom. The van der Waals surface area contributed by atoms with E-state index in [1.54, 1.807) is 0 Å². The number of furan rings is 1. The Morgan fingerprint density at radius 1 is 1.15 bits per heavy atom. The Hall–Kier alpha value is -1.36. The number of benzene rings is 1. The fourth-order valence-corrected chi connectivity index (χ4v) is 2.13. The average molecular weight is 277 g/mol. The van der Waals surface area contributed by atoms with Crippen molar-refractivity contribution in [2.75, 3.05) is 19.8 Å². The van der Waals surface area contributed by atoms with Crippen molar-refractivity contribution >= 4 is 11.0 Å². The molecule has 0 bridgehead atoms. The first kappa shape index (κ1) is 15.0. The topological polar surface area (TPSA) is 43.6 Å². The second-order valence-corrected chi connectivity index (χ2v) is 4.66. The molecule has 0 aliphatic carbocycles. The molecule has 0 aliphatic rings. The van der Waals surface area contributed by atoms with E-state index in [0.717, 1.165) is 16.7 Å². The molecule has 0 radical (unpaired) electrons. The van der Waals surface area contributed by atoms with Crippen LogP contribution in [-0.2, 0) is 9.47 Å². The van der Waals surface area contributed by atoms with Gasteiger partial charge in [0.15, 0.2) is 6.29 Å². The zero-order chi connectivity index (χ0) is 14.4. The molecule has 2 aromatic rings. The standard InChI is InChI=1S/C16H23NO3/c1-4-18-16(19-5-2)11-17-12(3)15-10-13-8-6-7-9-14(13)20-15/h6-10,12,16-17H,4-5,11H2,1-3H3. The molecule has 1 atom stereocenters. The average Bonchev–Trinajstić information content (AvgIpc) is 2.89. The monoisotopic (exact) mass is 277 g/mol. The Balaban J connectivity index is 1.95. The summed E-state index contributed by atoms with van der Waals surface area (Å²) >= 11 is 0. The predicted molar refractivity (Wildman–Crippen MR) is 79.7 cm³/mol. The van der Waals surface area contributed by atoms with Gasteiger partial charge >= 0.3 is 0 Å². The summed E-state index contributed by atoms with van der Waals surface area (Å²) in [5.41, 5.74) is 0.919. The van der Waals surface area contributed by atoms with Gasteiger partial charge < -0.3 is 19.2 Å². The smallest absolute Gasteiger partial charge is 0.169 e. The number of nitrogens with one attached hydrogen (secondary N) is 1. The van der Waals surface area contributed by atoms with E-state index >= 15 is 0 Å². The Labute approximate surface area is 120 Å². The molecule has 1 aromatic carbocycles. The second-order valence-electron chi connectivity index (χ2n) is 4.66. The summed E-state index contributed by atoms with van der Waals surface area (Å²) in [7, 11) is 0. The molecule has 1 unspecified atom stereocenters. The maximum absolute atomic E-state index is 5.84. The number of hydrogen-bond acceptors (Lipinski definition) is 4. The molecule has 1 aromatic heterocycles. The van der Waals surface area contributed by atoms with E-state index in [1.165, 1.54) is 0 Å². The van der Waals surface area contributed by atoms with Gasteiger partial charge in [-0.25, -0.2) is 0 Å². The fraction of sp³-hybridized carbons (Fsp3) is 0.500. The van der Waals surface area contributed by atoms with E-state index in [4.69, 9.17) is 13.9 Å². The summed E-state index contributed by atoms with van der Waals surface area (Å²) in [6.07, 6.45) is -0.211. The first-order chi connectivity index (χ1) is 9.74. The SMILES string of the molecule is CCOC(CNC(C)c1cc2ccccc2o1)OCC. The summed E-state index contributed by atoms with van der Waals surface area (Å²) in [4.78, 5) is 0. The number of hydrogen-bond donors (Lipinski definition) is 1. The summed E-state index contributed by atoms with van der Waals surface area (Å²) in [6, 6.07) is 10.2. The Bertz CT molecular complexity index is 484. The summed E-state index contributed by atoms with van der Waals surface area (Å²) < 4.78 is 16.9. The molecule has 1 N–H and O–H groups in total. The Morgan fingerprint density at radius 2 is 1.85 bits per heavy atom. The normalized spacial score (nSPS) is 13.2. The van der Waals surface area contributed by atoms with Crippen LogP contribution in [0.5, 0.6) is 0 Å². The highest BCUT2D eigenvalue weighted by atomic mass is 16.7. The van der Waals surface area contributed by atoms with E-state index in [2.05, 4.69) is 24.4 Å². The van der Waals surface area contributed by atoms with Crippen LogP contribution in [-0.4, -0.2) is 26.0 Å². The highest BCUT2D eigenvalue weighted by molar-refractivity contribution is 5.77. The molecule has 0 saturated carbocycles. The summed E-state index contributed by atoms with van der Waals surface area (Å²) in [6.45, 7) is 7.94. The largest absolute Gasteiger partial charge is 0.459 e. The molecule has 2 rings (SSSR count). The van der Waals surface area contributed by atoms with Gasteiger partial charge in [-0.15, -0.1) is 0 Å². The lowest BCUT2D eigenvalue weighted by molar-refractivity contribution is -0.133. The lowest BCUT2D eigenvalue weighted by Crippen LogP contribution is -2.33. The van der Waals surface area contributed by atoms with Crippen molar-refractivity contribution in [3.05, 3.63) is 36.1 Å². The fourth-order valence-electron chi connectivity index (χ4n) is 2.13. The third-order valence-corrected chi connectivity index (χ3v) is 3.17. The quantitative estimate of drug-likeness (QED) is 0.750. The first-order valence-electron chi connectivity index (χ1n) is 7.19. The van der Waals surface area contributed by atoms with Crippen molar-refractivity contribution < 1.29 is 13.9 Å². The molecular weight excluding hydrogens is 254 g/mol. The summed E-state index contributed by atoms with van der Waals surface area (Å²) in [5.74, 6) is 0.929. The Kier molecular flexibility index (Phi) is 5.59. The van der Waals surface area contributed by atoms with Gasteiger partial charge in [-0.3, -0.25) is 0 Å². The van der Waals surface area contributed by atoms with Gasteiger partial charge in [0.1, 0.15) is 11.3 Å². The highest BCUT2D eigenvalue weighted by Gasteiger charge is 2.14. The molecule has 110 valence electrons. The van der Waals surface area contributed by atoms with Crippen LogP contribution in [0, 0.1) is 0 Å². The number of para-hydroxylation sites is 1. The van der Waals surface area contributed by atoms with Crippen LogP contribution in [0.3, 0.4) is 0 Å². The van der Waals surface area contributed by atoms with E-state index in [9.17, 15) is 0 Å². The van der Waals surface area contributed by atoms with Crippen LogP contribution in [0.25, 0.3) is 11.0 Å². The van der Waals surface area contributed by atoms with Gasteiger partial charge in [0.25, 0.3) is 0 Å². The molecule has 4 heteroatoms. The van der Waals surface area contributed by atoms with E-state index in [-0.39, 0.29) is 12.3 Å². The van der Waals surface area contributed by atoms with Crippen LogP contribution < -0.4 is 5.32 Å². The van der Waals surface area contributed by atoms with E-state index < -0.39 is 0 Å². The van der Waals surface area contributed by atoms with Crippen molar-refractivity contribution in [1.82, 2.24) is 5.32 Å². The lowest BCUT2D eigenvalue weighted by Gasteiger charge is -2.19. The molecule has 4 nitrogen and oxygen atoms in total. The van der Waals surface area contributed by atoms with Crippen molar-refractivity contribution in [2.24, 2.45) is 0 Å². The van der Waals surface area contributed by atoms with Crippen LogP contribution in [0.1, 0.15) is 32.6 Å². The third kappa shape index (κ3) is 3.82. The van der Waals surface area contributed by atoms with Crippen LogP contribution in [0.15, 0.2) is 34.7 Å². The molecule has 0 fully saturated rings. The van der Waals surface area contributed by atoms with E-state index in [1.807, 2.05) is 32.0 Å². The van der Waals surface area contributed by atoms with Crippen molar-refractivity contribution in [3.63, 3.8) is 0 Å². The van der Waals surface area contributed by atoms with Gasteiger partial charge in [0.2, 0.25) is 0 Å². The number of rotatable bonds is 8. The first-order valence-corrected chi connectivity index (χ1v) is 7.19. The molecule has 20 heavy (non-hydrogen) atoms. The molecule has 0 spiro atoms. The second kappa shape index (κ2) is 7.43. The van der Waals surface area contributed by atoms with Gasteiger partial charge in [-0.2, -0.15) is 0 Å². The summed E-state index contributed by atoms with van der Waals surface area (Å²) in [5, 5.41) is 4.51. The molecule has 0 amide bonds. The zero-order valence-electron chi connectivity index (χ0n) is 12.4. The minimum atomic E-state index is -0.211. The van der Waals surface area contributed by atoms with E-state index in [0.29, 0.717) is 19.8 Å². The van der Waals surface area contributed by atoms with Crippen molar-refractivity contribution in [2.45, 2.75) is 33.1 Å². The van der Waals surface area contributed by atoms with Crippen molar-refractivity contribution in [1.29, 1.82) is 0 Å². The van der Waals surface area contributed by atoms with Gasteiger partial charge in [-0.1, -0.05) is 18.2 Å². The maximum atomic E-state index is 5.84. The third-order valence-electron chi connectivity index (χ3n) is 3.17. The van der Waals surface area contributed by atoms with Gasteiger partial charge in [0.05, 0.1) is 6.04 Å². The van der Waals surface area contributed by atoms with Crippen LogP contribution in [0.4, 0.5) is 0 Å². The molecule has 0 saturated heterocycles. The predicted octanol–water partition coefficient (Wildman–Crippen LogP) is 3.48. The maximum Gasteiger partial charge on any atom is 0.169 e. The van der Waals surface area contributed by atoms with Crippen LogP contribution >= 0.6 is 0 Å². The lowest BCUT2D eigenvalue weighted by atomic mass is 10.2. The minimum absolute atomic E-state index is 0.116. The van der Waals surface area contributed by atoms with Crippen LogP contribution in [0.2, 0.25) is 0 Å².